The van der Waals surface area contributed by atoms with E-state index in [1.54, 1.807) is 0 Å². The van der Waals surface area contributed by atoms with Gasteiger partial charge in [-0.1, -0.05) is 28.1 Å². The second-order valence-corrected chi connectivity index (χ2v) is 6.97. The molecule has 1 saturated heterocycles. The van der Waals surface area contributed by atoms with E-state index in [0.717, 1.165) is 29.7 Å². The zero-order chi connectivity index (χ0) is 14.6. The van der Waals surface area contributed by atoms with Crippen molar-refractivity contribution in [3.8, 4) is 0 Å². The van der Waals surface area contributed by atoms with Crippen LogP contribution in [0.2, 0.25) is 0 Å². The molecule has 1 aromatic carbocycles. The molecule has 1 unspecified atom stereocenters. The Kier molecular flexibility index (Phi) is 5.22. The van der Waals surface area contributed by atoms with Gasteiger partial charge in [0.1, 0.15) is 0 Å². The maximum absolute atomic E-state index is 12.4. The summed E-state index contributed by atoms with van der Waals surface area (Å²) in [5.74, 6) is 0.666. The van der Waals surface area contributed by atoms with Crippen molar-refractivity contribution in [1.82, 2.24) is 10.6 Å². The predicted molar refractivity (Wildman–Crippen MR) is 85.8 cm³/mol. The van der Waals surface area contributed by atoms with Gasteiger partial charge in [0, 0.05) is 11.0 Å². The molecule has 1 aromatic rings. The van der Waals surface area contributed by atoms with E-state index >= 15 is 0 Å². The average molecular weight is 339 g/mol. The third-order valence-electron chi connectivity index (χ3n) is 4.08. The maximum atomic E-state index is 12.4. The molecule has 0 saturated carbocycles. The van der Waals surface area contributed by atoms with Gasteiger partial charge < -0.3 is 10.6 Å². The first-order chi connectivity index (χ1) is 9.50. The summed E-state index contributed by atoms with van der Waals surface area (Å²) in [6, 6.07) is 7.97. The number of benzene rings is 1. The molecule has 110 valence electrons. The SMILES string of the molecule is CC(C)(C(=O)NCC1CCCNC1)c1ccc(Br)cc1. The second kappa shape index (κ2) is 6.72. The number of hydrogen-bond donors (Lipinski definition) is 2. The lowest BCUT2D eigenvalue weighted by Gasteiger charge is -2.27. The molecule has 1 atom stereocenters. The predicted octanol–water partition coefficient (Wildman–Crippen LogP) is 2.84. The summed E-state index contributed by atoms with van der Waals surface area (Å²) in [7, 11) is 0. The smallest absolute Gasteiger partial charge is 0.230 e. The lowest BCUT2D eigenvalue weighted by molar-refractivity contribution is -0.125. The molecule has 1 heterocycles. The van der Waals surface area contributed by atoms with Crippen molar-refractivity contribution in [3.05, 3.63) is 34.3 Å². The minimum atomic E-state index is -0.497. The normalized spacial score (nSPS) is 19.6. The van der Waals surface area contributed by atoms with Crippen LogP contribution in [0.15, 0.2) is 28.7 Å². The summed E-state index contributed by atoms with van der Waals surface area (Å²) in [5, 5.41) is 6.49. The van der Waals surface area contributed by atoms with Crippen LogP contribution in [0.25, 0.3) is 0 Å². The van der Waals surface area contributed by atoms with Crippen molar-refractivity contribution in [2.24, 2.45) is 5.92 Å². The Bertz CT molecular complexity index is 450. The highest BCUT2D eigenvalue weighted by Crippen LogP contribution is 2.25. The lowest BCUT2D eigenvalue weighted by Crippen LogP contribution is -2.44. The quantitative estimate of drug-likeness (QED) is 0.886. The summed E-state index contributed by atoms with van der Waals surface area (Å²) >= 11 is 3.42. The van der Waals surface area contributed by atoms with E-state index in [-0.39, 0.29) is 5.91 Å². The number of halogens is 1. The molecule has 4 heteroatoms. The van der Waals surface area contributed by atoms with Crippen molar-refractivity contribution in [3.63, 3.8) is 0 Å². The summed E-state index contributed by atoms with van der Waals surface area (Å²) in [5.41, 5.74) is 0.544. The molecule has 1 aliphatic heterocycles. The first kappa shape index (κ1) is 15.5. The van der Waals surface area contributed by atoms with Gasteiger partial charge in [0.25, 0.3) is 0 Å². The van der Waals surface area contributed by atoms with Gasteiger partial charge >= 0.3 is 0 Å². The second-order valence-electron chi connectivity index (χ2n) is 6.05. The van der Waals surface area contributed by atoms with Crippen molar-refractivity contribution >= 4 is 21.8 Å². The number of nitrogens with one attached hydrogen (secondary N) is 2. The van der Waals surface area contributed by atoms with Crippen molar-refractivity contribution in [1.29, 1.82) is 0 Å². The van der Waals surface area contributed by atoms with E-state index in [2.05, 4.69) is 26.6 Å². The van der Waals surface area contributed by atoms with Gasteiger partial charge in [-0.15, -0.1) is 0 Å². The van der Waals surface area contributed by atoms with Gasteiger partial charge in [-0.3, -0.25) is 4.79 Å². The Labute approximate surface area is 129 Å². The monoisotopic (exact) mass is 338 g/mol. The molecule has 1 fully saturated rings. The molecular formula is C16H23BrN2O. The minimum Gasteiger partial charge on any atom is -0.355 e. The number of piperidine rings is 1. The molecule has 0 bridgehead atoms. The Morgan fingerprint density at radius 1 is 1.40 bits per heavy atom. The highest BCUT2D eigenvalue weighted by Gasteiger charge is 2.30. The van der Waals surface area contributed by atoms with Crippen LogP contribution in [0.1, 0.15) is 32.3 Å². The van der Waals surface area contributed by atoms with Crippen LogP contribution in [-0.4, -0.2) is 25.5 Å². The highest BCUT2D eigenvalue weighted by molar-refractivity contribution is 9.10. The summed E-state index contributed by atoms with van der Waals surface area (Å²) < 4.78 is 1.03. The maximum Gasteiger partial charge on any atom is 0.230 e. The molecule has 2 rings (SSSR count). The minimum absolute atomic E-state index is 0.102. The number of amides is 1. The van der Waals surface area contributed by atoms with E-state index in [9.17, 15) is 4.79 Å². The van der Waals surface area contributed by atoms with Gasteiger partial charge in [0.15, 0.2) is 0 Å². The van der Waals surface area contributed by atoms with E-state index in [0.29, 0.717) is 5.92 Å². The van der Waals surface area contributed by atoms with Gasteiger partial charge in [0.2, 0.25) is 5.91 Å². The molecule has 0 spiro atoms. The first-order valence-electron chi connectivity index (χ1n) is 7.25. The number of rotatable bonds is 4. The fourth-order valence-electron chi connectivity index (χ4n) is 2.55. The fourth-order valence-corrected chi connectivity index (χ4v) is 2.82. The molecule has 1 aliphatic rings. The molecular weight excluding hydrogens is 316 g/mol. The lowest BCUT2D eigenvalue weighted by atomic mass is 9.83. The third-order valence-corrected chi connectivity index (χ3v) is 4.61. The van der Waals surface area contributed by atoms with E-state index in [4.69, 9.17) is 0 Å². The Morgan fingerprint density at radius 2 is 2.10 bits per heavy atom. The first-order valence-corrected chi connectivity index (χ1v) is 8.04. The topological polar surface area (TPSA) is 41.1 Å². The zero-order valence-electron chi connectivity index (χ0n) is 12.2. The standard InChI is InChI=1S/C16H23BrN2O/c1-16(2,13-5-7-14(17)8-6-13)15(20)19-11-12-4-3-9-18-10-12/h5-8,12,18H,3-4,9-11H2,1-2H3,(H,19,20). The van der Waals surface area contributed by atoms with Crippen molar-refractivity contribution in [2.75, 3.05) is 19.6 Å². The van der Waals surface area contributed by atoms with E-state index < -0.39 is 5.41 Å². The van der Waals surface area contributed by atoms with Gasteiger partial charge in [0.05, 0.1) is 5.41 Å². The highest BCUT2D eigenvalue weighted by atomic mass is 79.9. The third kappa shape index (κ3) is 3.83. The molecule has 20 heavy (non-hydrogen) atoms. The molecule has 0 radical (unpaired) electrons. The molecule has 2 N–H and O–H groups in total. The van der Waals surface area contributed by atoms with Gasteiger partial charge in [-0.25, -0.2) is 0 Å². The molecule has 0 aliphatic carbocycles. The fraction of sp³-hybridized carbons (Fsp3) is 0.562. The molecule has 1 amide bonds. The van der Waals surface area contributed by atoms with Crippen LogP contribution in [0, 0.1) is 5.92 Å². The summed E-state index contributed by atoms with van der Waals surface area (Å²) in [6.45, 7) is 6.84. The molecule has 3 nitrogen and oxygen atoms in total. The number of carbonyl (C=O) groups is 1. The summed E-state index contributed by atoms with van der Waals surface area (Å²) in [4.78, 5) is 12.4. The van der Waals surface area contributed by atoms with E-state index in [1.165, 1.54) is 12.8 Å². The number of carbonyl (C=O) groups excluding carboxylic acids is 1. The Hall–Kier alpha value is -0.870. The average Bonchev–Trinajstić information content (AvgIpc) is 2.46. The van der Waals surface area contributed by atoms with Crippen LogP contribution in [0.4, 0.5) is 0 Å². The van der Waals surface area contributed by atoms with Gasteiger partial charge in [-0.05, 0) is 63.4 Å². The van der Waals surface area contributed by atoms with Crippen LogP contribution in [-0.2, 0) is 10.2 Å². The zero-order valence-corrected chi connectivity index (χ0v) is 13.8. The van der Waals surface area contributed by atoms with Crippen LogP contribution >= 0.6 is 15.9 Å². The van der Waals surface area contributed by atoms with Crippen LogP contribution < -0.4 is 10.6 Å². The Morgan fingerprint density at radius 3 is 2.70 bits per heavy atom. The molecule has 0 aromatic heterocycles. The largest absolute Gasteiger partial charge is 0.355 e. The summed E-state index contributed by atoms with van der Waals surface area (Å²) in [6.07, 6.45) is 2.41. The Balaban J connectivity index is 1.94. The van der Waals surface area contributed by atoms with Gasteiger partial charge in [-0.2, -0.15) is 0 Å². The van der Waals surface area contributed by atoms with Crippen molar-refractivity contribution < 1.29 is 4.79 Å². The van der Waals surface area contributed by atoms with Crippen molar-refractivity contribution in [2.45, 2.75) is 32.1 Å². The van der Waals surface area contributed by atoms with Crippen LogP contribution in [0.5, 0.6) is 0 Å². The van der Waals surface area contributed by atoms with Crippen LogP contribution in [0.3, 0.4) is 0 Å². The van der Waals surface area contributed by atoms with E-state index in [1.807, 2.05) is 38.1 Å². The number of hydrogen-bond acceptors (Lipinski definition) is 2.